The Morgan fingerprint density at radius 2 is 1.38 bits per heavy atom. The van der Waals surface area contributed by atoms with Gasteiger partial charge in [-0.05, 0) is 31.6 Å². The van der Waals surface area contributed by atoms with Crippen LogP contribution in [0.4, 0.5) is 0 Å². The minimum Gasteiger partial charge on any atom is -0.370 e. The highest BCUT2D eigenvalue weighted by molar-refractivity contribution is 5.92. The van der Waals surface area contributed by atoms with Gasteiger partial charge in [-0.25, -0.2) is 0 Å². The maximum absolute atomic E-state index is 12.4. The molecule has 8 nitrogen and oxygen atoms in total. The van der Waals surface area contributed by atoms with E-state index in [-0.39, 0.29) is 18.4 Å². The van der Waals surface area contributed by atoms with Crippen molar-refractivity contribution in [1.82, 2.24) is 5.32 Å². The Bertz CT molecular complexity index is 559. The van der Waals surface area contributed by atoms with E-state index in [0.717, 1.165) is 31.6 Å². The van der Waals surface area contributed by atoms with Gasteiger partial charge in [0.1, 0.15) is 0 Å². The number of primary amides is 3. The zero-order valence-corrected chi connectivity index (χ0v) is 17.7. The molecule has 1 aliphatic rings. The number of hydrogen-bond donors (Lipinski definition) is 4. The van der Waals surface area contributed by atoms with Crippen molar-refractivity contribution in [3.63, 3.8) is 0 Å². The van der Waals surface area contributed by atoms with Crippen LogP contribution in [0.3, 0.4) is 0 Å². The van der Waals surface area contributed by atoms with Crippen molar-refractivity contribution in [2.75, 3.05) is 0 Å². The van der Waals surface area contributed by atoms with Crippen molar-refractivity contribution in [2.45, 2.75) is 90.0 Å². The minimum atomic E-state index is -1.17. The molecule has 1 aliphatic carbocycles. The lowest BCUT2D eigenvalue weighted by Gasteiger charge is -2.30. The molecule has 0 saturated heterocycles. The number of nitrogens with one attached hydrogen (secondary N) is 1. The summed E-state index contributed by atoms with van der Waals surface area (Å²) in [6, 6.07) is 0.0653. The predicted molar refractivity (Wildman–Crippen MR) is 111 cm³/mol. The van der Waals surface area contributed by atoms with Crippen molar-refractivity contribution in [3.8, 4) is 0 Å². The average molecular weight is 411 g/mol. The Kier molecular flexibility index (Phi) is 11.3. The Labute approximate surface area is 173 Å². The molecule has 0 heterocycles. The second-order valence-electron chi connectivity index (χ2n) is 8.38. The molecule has 0 aromatic rings. The molecule has 7 N–H and O–H groups in total. The van der Waals surface area contributed by atoms with Crippen LogP contribution in [0.1, 0.15) is 84.0 Å². The Morgan fingerprint density at radius 3 is 1.90 bits per heavy atom. The summed E-state index contributed by atoms with van der Waals surface area (Å²) >= 11 is 0. The monoisotopic (exact) mass is 410 g/mol. The van der Waals surface area contributed by atoms with Crippen LogP contribution in [-0.4, -0.2) is 29.7 Å². The van der Waals surface area contributed by atoms with E-state index in [0.29, 0.717) is 0 Å². The third-order valence-corrected chi connectivity index (χ3v) is 5.97. The van der Waals surface area contributed by atoms with E-state index in [4.69, 9.17) is 17.2 Å². The summed E-state index contributed by atoms with van der Waals surface area (Å²) in [5.74, 6) is -4.41. The average Bonchev–Trinajstić information content (AvgIpc) is 2.65. The number of amides is 4. The molecule has 1 saturated carbocycles. The van der Waals surface area contributed by atoms with Crippen LogP contribution in [0, 0.1) is 17.8 Å². The van der Waals surface area contributed by atoms with Crippen molar-refractivity contribution >= 4 is 23.6 Å². The van der Waals surface area contributed by atoms with Crippen LogP contribution in [0.25, 0.3) is 0 Å². The summed E-state index contributed by atoms with van der Waals surface area (Å²) < 4.78 is 0. The highest BCUT2D eigenvalue weighted by Crippen LogP contribution is 2.29. The molecule has 8 heteroatoms. The molecule has 2 atom stereocenters. The molecule has 0 aliphatic heterocycles. The van der Waals surface area contributed by atoms with Crippen LogP contribution in [0.15, 0.2) is 0 Å². The van der Waals surface area contributed by atoms with Gasteiger partial charge in [-0.1, -0.05) is 45.4 Å². The molecule has 0 bridgehead atoms. The lowest BCUT2D eigenvalue weighted by molar-refractivity contribution is -0.137. The summed E-state index contributed by atoms with van der Waals surface area (Å²) in [4.78, 5) is 46.9. The fraction of sp³-hybridized carbons (Fsp3) is 0.810. The Balaban J connectivity index is 2.43. The zero-order valence-electron chi connectivity index (χ0n) is 17.7. The normalized spacial score (nSPS) is 21.1. The van der Waals surface area contributed by atoms with E-state index >= 15 is 0 Å². The minimum absolute atomic E-state index is 0.0653. The fourth-order valence-electron chi connectivity index (χ4n) is 4.22. The van der Waals surface area contributed by atoms with E-state index in [1.54, 1.807) is 0 Å². The van der Waals surface area contributed by atoms with Crippen LogP contribution in [0.2, 0.25) is 0 Å². The fourth-order valence-corrected chi connectivity index (χ4v) is 4.22. The molecule has 4 amide bonds. The number of nitrogens with two attached hydrogens (primary N) is 3. The van der Waals surface area contributed by atoms with Gasteiger partial charge in [0, 0.05) is 18.9 Å². The molecule has 29 heavy (non-hydrogen) atoms. The number of rotatable bonds is 14. The second kappa shape index (κ2) is 13.2. The molecular formula is C21H38N4O4. The van der Waals surface area contributed by atoms with Crippen LogP contribution in [0.5, 0.6) is 0 Å². The van der Waals surface area contributed by atoms with Gasteiger partial charge in [0.25, 0.3) is 0 Å². The number of unbranched alkanes of at least 4 members (excludes halogenated alkanes) is 4. The topological polar surface area (TPSA) is 158 Å². The van der Waals surface area contributed by atoms with Gasteiger partial charge in [0.15, 0.2) is 0 Å². The third-order valence-electron chi connectivity index (χ3n) is 5.97. The second-order valence-corrected chi connectivity index (χ2v) is 8.38. The summed E-state index contributed by atoms with van der Waals surface area (Å²) in [6.45, 7) is 2.22. The highest BCUT2D eigenvalue weighted by Gasteiger charge is 2.34. The molecule has 1 fully saturated rings. The first-order valence-corrected chi connectivity index (χ1v) is 10.9. The summed E-state index contributed by atoms with van der Waals surface area (Å²) in [7, 11) is 0. The largest absolute Gasteiger partial charge is 0.370 e. The van der Waals surface area contributed by atoms with Crippen molar-refractivity contribution in [1.29, 1.82) is 0 Å². The SMILES string of the molecule is CCCCCCCC1CCC(NC(=O)CC(C(N)=O)C(CC(N)=O)C(N)=O)CC1. The smallest absolute Gasteiger partial charge is 0.221 e. The van der Waals surface area contributed by atoms with Gasteiger partial charge in [-0.2, -0.15) is 0 Å². The first kappa shape index (κ1) is 24.9. The summed E-state index contributed by atoms with van der Waals surface area (Å²) in [5.41, 5.74) is 15.7. The predicted octanol–water partition coefficient (Wildman–Crippen LogP) is 1.49. The number of carbonyl (C=O) groups excluding carboxylic acids is 4. The van der Waals surface area contributed by atoms with E-state index in [2.05, 4.69) is 12.2 Å². The number of carbonyl (C=O) groups is 4. The standard InChI is InChI=1S/C21H38N4O4/c1-2-3-4-5-6-7-14-8-10-15(11-9-14)25-19(27)13-17(21(24)29)16(20(23)28)12-18(22)26/h14-17H,2-13H2,1H3,(H2,22,26)(H2,23,28)(H2,24,29)(H,25,27). The summed E-state index contributed by atoms with van der Waals surface area (Å²) in [5, 5.41) is 2.94. The quantitative estimate of drug-likeness (QED) is 0.320. The molecule has 0 aromatic heterocycles. The van der Waals surface area contributed by atoms with Gasteiger partial charge in [-0.15, -0.1) is 0 Å². The first-order valence-electron chi connectivity index (χ1n) is 10.9. The first-order chi connectivity index (χ1) is 13.7. The molecule has 0 spiro atoms. The van der Waals surface area contributed by atoms with Crippen LogP contribution in [-0.2, 0) is 19.2 Å². The lowest BCUT2D eigenvalue weighted by Crippen LogP contribution is -2.44. The van der Waals surface area contributed by atoms with E-state index in [1.807, 2.05) is 0 Å². The van der Waals surface area contributed by atoms with Gasteiger partial charge < -0.3 is 22.5 Å². The van der Waals surface area contributed by atoms with Crippen molar-refractivity contribution in [2.24, 2.45) is 35.0 Å². The van der Waals surface area contributed by atoms with Gasteiger partial charge in [0.2, 0.25) is 23.6 Å². The molecule has 0 radical (unpaired) electrons. The number of hydrogen-bond acceptors (Lipinski definition) is 4. The van der Waals surface area contributed by atoms with E-state index in [1.165, 1.54) is 38.5 Å². The van der Waals surface area contributed by atoms with Gasteiger partial charge in [-0.3, -0.25) is 19.2 Å². The van der Waals surface area contributed by atoms with E-state index < -0.39 is 36.0 Å². The molecular weight excluding hydrogens is 372 g/mol. The van der Waals surface area contributed by atoms with Gasteiger partial charge in [0.05, 0.1) is 11.8 Å². The molecule has 1 rings (SSSR count). The van der Waals surface area contributed by atoms with Crippen molar-refractivity contribution in [3.05, 3.63) is 0 Å². The zero-order chi connectivity index (χ0) is 21.8. The third kappa shape index (κ3) is 9.76. The lowest BCUT2D eigenvalue weighted by atomic mass is 9.82. The van der Waals surface area contributed by atoms with Gasteiger partial charge >= 0.3 is 0 Å². The summed E-state index contributed by atoms with van der Waals surface area (Å²) in [6.07, 6.45) is 11.0. The molecule has 0 aromatic carbocycles. The highest BCUT2D eigenvalue weighted by atomic mass is 16.2. The van der Waals surface area contributed by atoms with Crippen LogP contribution < -0.4 is 22.5 Å². The molecule has 2 unspecified atom stereocenters. The van der Waals surface area contributed by atoms with Crippen molar-refractivity contribution < 1.29 is 19.2 Å². The maximum atomic E-state index is 12.4. The van der Waals surface area contributed by atoms with E-state index in [9.17, 15) is 19.2 Å². The Morgan fingerprint density at radius 1 is 0.828 bits per heavy atom. The van der Waals surface area contributed by atoms with Crippen LogP contribution >= 0.6 is 0 Å². The maximum Gasteiger partial charge on any atom is 0.221 e. The molecule has 166 valence electrons. The Hall–Kier alpha value is -2.12.